The van der Waals surface area contributed by atoms with E-state index in [1.54, 1.807) is 12.4 Å². The number of thiophene rings is 1. The average Bonchev–Trinajstić information content (AvgIpc) is 2.65. The van der Waals surface area contributed by atoms with E-state index in [0.29, 0.717) is 10.8 Å². The first-order chi connectivity index (χ1) is 7.18. The van der Waals surface area contributed by atoms with Crippen molar-refractivity contribution in [1.82, 2.24) is 9.97 Å². The maximum atomic E-state index is 6.01. The molecule has 2 aromatic rings. The van der Waals surface area contributed by atoms with E-state index in [1.165, 1.54) is 11.3 Å². The molecule has 0 fully saturated rings. The third-order valence-corrected chi connectivity index (χ3v) is 3.45. The topological polar surface area (TPSA) is 51.8 Å². The number of aromatic nitrogens is 2. The number of nitrogens with two attached hydrogens (primary N) is 1. The van der Waals surface area contributed by atoms with E-state index in [9.17, 15) is 0 Å². The maximum Gasteiger partial charge on any atom is 0.150 e. The predicted octanol–water partition coefficient (Wildman–Crippen LogP) is 2.55. The largest absolute Gasteiger partial charge is 0.317 e. The Labute approximate surface area is 96.9 Å². The van der Waals surface area contributed by atoms with Crippen molar-refractivity contribution >= 4 is 22.9 Å². The second-order valence-corrected chi connectivity index (χ2v) is 4.58. The van der Waals surface area contributed by atoms with Gasteiger partial charge >= 0.3 is 0 Å². The van der Waals surface area contributed by atoms with Gasteiger partial charge in [0.2, 0.25) is 0 Å². The SMILES string of the molecule is Cc1cnc(C(N)c2sccc2Cl)nc1. The van der Waals surface area contributed by atoms with Gasteiger partial charge in [0.05, 0.1) is 5.02 Å². The second-order valence-electron chi connectivity index (χ2n) is 3.23. The lowest BCUT2D eigenvalue weighted by atomic mass is 10.2. The Kier molecular flexibility index (Phi) is 3.00. The number of nitrogens with zero attached hydrogens (tertiary/aromatic N) is 2. The molecule has 0 saturated carbocycles. The quantitative estimate of drug-likeness (QED) is 0.876. The van der Waals surface area contributed by atoms with Crippen LogP contribution in [0.15, 0.2) is 23.8 Å². The molecule has 0 aromatic carbocycles. The molecule has 1 unspecified atom stereocenters. The Morgan fingerprint density at radius 3 is 2.60 bits per heavy atom. The van der Waals surface area contributed by atoms with E-state index in [1.807, 2.05) is 18.4 Å². The third-order valence-electron chi connectivity index (χ3n) is 2.01. The standard InChI is InChI=1S/C10H10ClN3S/c1-6-4-13-10(14-5-6)8(12)9-7(11)2-3-15-9/h2-5,8H,12H2,1H3. The van der Waals surface area contributed by atoms with Crippen LogP contribution < -0.4 is 5.73 Å². The number of hydrogen-bond donors (Lipinski definition) is 1. The molecular weight excluding hydrogens is 230 g/mol. The van der Waals surface area contributed by atoms with Crippen LogP contribution in [-0.2, 0) is 0 Å². The van der Waals surface area contributed by atoms with Gasteiger partial charge in [0.1, 0.15) is 11.9 Å². The highest BCUT2D eigenvalue weighted by Crippen LogP contribution is 2.29. The molecule has 3 nitrogen and oxygen atoms in total. The minimum atomic E-state index is -0.335. The Morgan fingerprint density at radius 2 is 2.07 bits per heavy atom. The number of halogens is 1. The molecule has 0 aliphatic carbocycles. The van der Waals surface area contributed by atoms with E-state index in [-0.39, 0.29) is 6.04 Å². The van der Waals surface area contributed by atoms with Crippen LogP contribution in [-0.4, -0.2) is 9.97 Å². The third kappa shape index (κ3) is 2.17. The fraction of sp³-hybridized carbons (Fsp3) is 0.200. The van der Waals surface area contributed by atoms with E-state index in [2.05, 4.69) is 9.97 Å². The van der Waals surface area contributed by atoms with Crippen molar-refractivity contribution in [2.75, 3.05) is 0 Å². The van der Waals surface area contributed by atoms with E-state index < -0.39 is 0 Å². The molecular formula is C10H10ClN3S. The van der Waals surface area contributed by atoms with Gasteiger partial charge in [-0.25, -0.2) is 9.97 Å². The fourth-order valence-electron chi connectivity index (χ4n) is 1.21. The molecule has 2 N–H and O–H groups in total. The minimum absolute atomic E-state index is 0.335. The summed E-state index contributed by atoms with van der Waals surface area (Å²) in [5.41, 5.74) is 7.03. The summed E-state index contributed by atoms with van der Waals surface area (Å²) in [6.45, 7) is 1.94. The lowest BCUT2D eigenvalue weighted by molar-refractivity contribution is 0.791. The van der Waals surface area contributed by atoms with Crippen LogP contribution >= 0.6 is 22.9 Å². The van der Waals surface area contributed by atoms with Gasteiger partial charge in [-0.2, -0.15) is 0 Å². The second kappa shape index (κ2) is 4.26. The van der Waals surface area contributed by atoms with Crippen molar-refractivity contribution in [1.29, 1.82) is 0 Å². The van der Waals surface area contributed by atoms with Crippen LogP contribution in [0.3, 0.4) is 0 Å². The molecule has 2 heterocycles. The zero-order valence-electron chi connectivity index (χ0n) is 8.14. The van der Waals surface area contributed by atoms with Gasteiger partial charge in [-0.1, -0.05) is 11.6 Å². The van der Waals surface area contributed by atoms with Crippen molar-refractivity contribution in [2.45, 2.75) is 13.0 Å². The molecule has 0 aliphatic heterocycles. The van der Waals surface area contributed by atoms with Crippen LogP contribution in [0.2, 0.25) is 5.02 Å². The summed E-state index contributed by atoms with van der Waals surface area (Å²) in [5.74, 6) is 0.602. The molecule has 0 saturated heterocycles. The van der Waals surface area contributed by atoms with Gasteiger partial charge in [-0.3, -0.25) is 0 Å². The van der Waals surface area contributed by atoms with Gasteiger partial charge < -0.3 is 5.73 Å². The first-order valence-electron chi connectivity index (χ1n) is 4.45. The zero-order chi connectivity index (χ0) is 10.8. The molecule has 0 aliphatic rings. The van der Waals surface area contributed by atoms with Gasteiger partial charge in [0, 0.05) is 17.3 Å². The summed E-state index contributed by atoms with van der Waals surface area (Å²) >= 11 is 7.51. The Balaban J connectivity index is 2.32. The van der Waals surface area contributed by atoms with Crippen LogP contribution in [0.1, 0.15) is 22.3 Å². The van der Waals surface area contributed by atoms with Gasteiger partial charge in [-0.05, 0) is 23.9 Å². The molecule has 0 bridgehead atoms. The highest BCUT2D eigenvalue weighted by Gasteiger charge is 2.15. The predicted molar refractivity (Wildman–Crippen MR) is 62.1 cm³/mol. The van der Waals surface area contributed by atoms with Gasteiger partial charge in [0.25, 0.3) is 0 Å². The summed E-state index contributed by atoms with van der Waals surface area (Å²) in [5, 5.41) is 2.59. The van der Waals surface area contributed by atoms with Crippen molar-refractivity contribution in [2.24, 2.45) is 5.73 Å². The Hall–Kier alpha value is -0.970. The first-order valence-corrected chi connectivity index (χ1v) is 5.71. The Bertz CT molecular complexity index is 452. The molecule has 5 heteroatoms. The van der Waals surface area contributed by atoms with Crippen LogP contribution in [0, 0.1) is 6.92 Å². The fourth-order valence-corrected chi connectivity index (χ4v) is 2.38. The summed E-state index contributed by atoms with van der Waals surface area (Å²) in [7, 11) is 0. The molecule has 2 rings (SSSR count). The summed E-state index contributed by atoms with van der Waals surface area (Å²) < 4.78 is 0. The zero-order valence-corrected chi connectivity index (χ0v) is 9.72. The van der Waals surface area contributed by atoms with Crippen LogP contribution in [0.25, 0.3) is 0 Å². The summed E-state index contributed by atoms with van der Waals surface area (Å²) in [6, 6.07) is 1.49. The van der Waals surface area contributed by atoms with Crippen molar-refractivity contribution in [3.8, 4) is 0 Å². The van der Waals surface area contributed by atoms with Gasteiger partial charge in [-0.15, -0.1) is 11.3 Å². The molecule has 15 heavy (non-hydrogen) atoms. The van der Waals surface area contributed by atoms with E-state index >= 15 is 0 Å². The minimum Gasteiger partial charge on any atom is -0.317 e. The van der Waals surface area contributed by atoms with Crippen molar-refractivity contribution < 1.29 is 0 Å². The van der Waals surface area contributed by atoms with Crippen molar-refractivity contribution in [3.05, 3.63) is 45.1 Å². The molecule has 0 spiro atoms. The summed E-state index contributed by atoms with van der Waals surface area (Å²) in [4.78, 5) is 9.28. The lowest BCUT2D eigenvalue weighted by Gasteiger charge is -2.08. The smallest absolute Gasteiger partial charge is 0.150 e. The highest BCUT2D eigenvalue weighted by atomic mass is 35.5. The van der Waals surface area contributed by atoms with Crippen LogP contribution in [0.4, 0.5) is 0 Å². The molecule has 1 atom stereocenters. The maximum absolute atomic E-state index is 6.01. The molecule has 2 aromatic heterocycles. The highest BCUT2D eigenvalue weighted by molar-refractivity contribution is 7.10. The normalized spacial score (nSPS) is 12.7. The Morgan fingerprint density at radius 1 is 1.40 bits per heavy atom. The molecule has 78 valence electrons. The molecule has 0 radical (unpaired) electrons. The van der Waals surface area contributed by atoms with Gasteiger partial charge in [0.15, 0.2) is 0 Å². The number of aryl methyl sites for hydroxylation is 1. The van der Waals surface area contributed by atoms with E-state index in [4.69, 9.17) is 17.3 Å². The summed E-state index contributed by atoms with van der Waals surface area (Å²) in [6.07, 6.45) is 3.51. The monoisotopic (exact) mass is 239 g/mol. The number of rotatable bonds is 2. The first kappa shape index (κ1) is 10.5. The van der Waals surface area contributed by atoms with E-state index in [0.717, 1.165) is 10.4 Å². The number of hydrogen-bond acceptors (Lipinski definition) is 4. The van der Waals surface area contributed by atoms with Crippen molar-refractivity contribution in [3.63, 3.8) is 0 Å². The lowest BCUT2D eigenvalue weighted by Crippen LogP contribution is -2.14. The van der Waals surface area contributed by atoms with Crippen LogP contribution in [0.5, 0.6) is 0 Å². The molecule has 0 amide bonds. The average molecular weight is 240 g/mol.